The van der Waals surface area contributed by atoms with E-state index in [9.17, 15) is 13.2 Å². The molecule has 1 aromatic heterocycles. The number of sulfonamides is 1. The summed E-state index contributed by atoms with van der Waals surface area (Å²) in [7, 11) is -3.45. The van der Waals surface area contributed by atoms with Crippen molar-refractivity contribution in [2.45, 2.75) is 13.8 Å². The van der Waals surface area contributed by atoms with Crippen molar-refractivity contribution in [2.24, 2.45) is 0 Å². The summed E-state index contributed by atoms with van der Waals surface area (Å²) in [4.78, 5) is 12.6. The topological polar surface area (TPSA) is 85.6 Å². The summed E-state index contributed by atoms with van der Waals surface area (Å²) < 4.78 is 36.8. The quantitative estimate of drug-likeness (QED) is 0.684. The molecule has 0 atom stereocenters. The molecule has 2 aromatic carbocycles. The molecular weight excluding hydrogens is 354 g/mol. The Balaban J connectivity index is 2.28. The van der Waals surface area contributed by atoms with Crippen molar-refractivity contribution in [3.63, 3.8) is 0 Å². The number of hydrogen-bond donors (Lipinski definition) is 1. The number of carbonyl (C=O) groups is 1. The Morgan fingerprint density at radius 2 is 1.88 bits per heavy atom. The Hall–Kier alpha value is -2.80. The van der Waals surface area contributed by atoms with Gasteiger partial charge in [-0.15, -0.1) is 0 Å². The molecule has 26 heavy (non-hydrogen) atoms. The van der Waals surface area contributed by atoms with Gasteiger partial charge < -0.3 is 9.15 Å². The molecule has 7 heteroatoms. The average Bonchev–Trinajstić information content (AvgIpc) is 2.93. The maximum Gasteiger partial charge on any atom is 0.342 e. The fraction of sp³-hybridized carbons (Fsp3) is 0.211. The first kappa shape index (κ1) is 18.0. The third-order valence-electron chi connectivity index (χ3n) is 3.85. The van der Waals surface area contributed by atoms with Gasteiger partial charge in [0, 0.05) is 10.9 Å². The molecule has 3 rings (SSSR count). The zero-order valence-corrected chi connectivity index (χ0v) is 15.5. The first-order valence-corrected chi connectivity index (χ1v) is 9.96. The third kappa shape index (κ3) is 3.57. The zero-order chi connectivity index (χ0) is 18.9. The molecule has 0 bridgehead atoms. The highest BCUT2D eigenvalue weighted by atomic mass is 32.2. The Kier molecular flexibility index (Phi) is 4.73. The smallest absolute Gasteiger partial charge is 0.342 e. The van der Waals surface area contributed by atoms with Gasteiger partial charge in [-0.25, -0.2) is 13.2 Å². The number of furan rings is 1. The summed E-state index contributed by atoms with van der Waals surface area (Å²) >= 11 is 0. The standard InChI is InChI=1S/C19H19NO5S/c1-4-24-19(21)17-14-11-15(20-26(3,22)23)12(2)10-16(14)25-18(17)13-8-6-5-7-9-13/h5-11,20H,4H2,1-3H3. The van der Waals surface area contributed by atoms with Crippen LogP contribution in [0.5, 0.6) is 0 Å². The predicted molar refractivity (Wildman–Crippen MR) is 101 cm³/mol. The SMILES string of the molecule is CCOC(=O)c1c(-c2ccccc2)oc2cc(C)c(NS(C)(=O)=O)cc12. The van der Waals surface area contributed by atoms with Crippen molar-refractivity contribution in [1.82, 2.24) is 0 Å². The average molecular weight is 373 g/mol. The van der Waals surface area contributed by atoms with Crippen LogP contribution in [0.25, 0.3) is 22.3 Å². The maximum absolute atomic E-state index is 12.6. The maximum atomic E-state index is 12.6. The van der Waals surface area contributed by atoms with E-state index in [2.05, 4.69) is 4.72 Å². The predicted octanol–water partition coefficient (Wildman–Crippen LogP) is 3.96. The van der Waals surface area contributed by atoms with Crippen molar-refractivity contribution >= 4 is 32.6 Å². The molecular formula is C19H19NO5S. The van der Waals surface area contributed by atoms with Gasteiger partial charge in [-0.05, 0) is 31.5 Å². The Bertz CT molecular complexity index is 1070. The summed E-state index contributed by atoms with van der Waals surface area (Å²) in [6.07, 6.45) is 1.08. The number of benzene rings is 2. The molecule has 0 unspecified atom stereocenters. The van der Waals surface area contributed by atoms with Gasteiger partial charge in [-0.2, -0.15) is 0 Å². The van der Waals surface area contributed by atoms with Gasteiger partial charge in [-0.1, -0.05) is 30.3 Å². The van der Waals surface area contributed by atoms with Gasteiger partial charge in [0.15, 0.2) is 0 Å². The molecule has 0 spiro atoms. The molecule has 0 saturated heterocycles. The van der Waals surface area contributed by atoms with Crippen LogP contribution in [0.4, 0.5) is 5.69 Å². The third-order valence-corrected chi connectivity index (χ3v) is 4.44. The molecule has 0 amide bonds. The van der Waals surface area contributed by atoms with Gasteiger partial charge in [0.1, 0.15) is 16.9 Å². The molecule has 1 heterocycles. The second-order valence-electron chi connectivity index (χ2n) is 5.93. The number of fused-ring (bicyclic) bond motifs is 1. The van der Waals surface area contributed by atoms with Gasteiger partial charge in [0.05, 0.1) is 18.6 Å². The van der Waals surface area contributed by atoms with Crippen LogP contribution in [0.1, 0.15) is 22.8 Å². The first-order chi connectivity index (χ1) is 12.3. The minimum absolute atomic E-state index is 0.222. The lowest BCUT2D eigenvalue weighted by Crippen LogP contribution is -2.10. The van der Waals surface area contributed by atoms with E-state index in [0.717, 1.165) is 11.8 Å². The lowest BCUT2D eigenvalue weighted by atomic mass is 10.0. The molecule has 0 aliphatic heterocycles. The number of nitrogens with one attached hydrogen (secondary N) is 1. The summed E-state index contributed by atoms with van der Waals surface area (Å²) in [5, 5.41) is 0.499. The number of anilines is 1. The molecule has 1 N–H and O–H groups in total. The van der Waals surface area contributed by atoms with E-state index < -0.39 is 16.0 Å². The molecule has 0 radical (unpaired) electrons. The minimum Gasteiger partial charge on any atom is -0.462 e. The summed E-state index contributed by atoms with van der Waals surface area (Å²) in [5.74, 6) is -0.116. The van der Waals surface area contributed by atoms with E-state index in [1.54, 1.807) is 26.0 Å². The van der Waals surface area contributed by atoms with E-state index in [4.69, 9.17) is 9.15 Å². The van der Waals surface area contributed by atoms with Gasteiger partial charge >= 0.3 is 5.97 Å². The van der Waals surface area contributed by atoms with Crippen LogP contribution in [-0.4, -0.2) is 27.2 Å². The molecule has 6 nitrogen and oxygen atoms in total. The zero-order valence-electron chi connectivity index (χ0n) is 14.7. The molecule has 0 saturated carbocycles. The number of hydrogen-bond acceptors (Lipinski definition) is 5. The normalized spacial score (nSPS) is 11.5. The van der Waals surface area contributed by atoms with Crippen LogP contribution in [-0.2, 0) is 14.8 Å². The number of ether oxygens (including phenoxy) is 1. The second-order valence-corrected chi connectivity index (χ2v) is 7.68. The van der Waals surface area contributed by atoms with Gasteiger partial charge in [-0.3, -0.25) is 4.72 Å². The van der Waals surface area contributed by atoms with Gasteiger partial charge in [0.25, 0.3) is 0 Å². The van der Waals surface area contributed by atoms with Crippen molar-refractivity contribution in [3.05, 3.63) is 53.6 Å². The Morgan fingerprint density at radius 3 is 2.50 bits per heavy atom. The summed E-state index contributed by atoms with van der Waals surface area (Å²) in [6.45, 7) is 3.71. The van der Waals surface area contributed by atoms with Crippen LogP contribution in [0.15, 0.2) is 46.9 Å². The number of esters is 1. The second kappa shape index (κ2) is 6.84. The highest BCUT2D eigenvalue weighted by Gasteiger charge is 2.24. The first-order valence-electron chi connectivity index (χ1n) is 8.07. The Labute approximate surface area is 151 Å². The van der Waals surface area contributed by atoms with E-state index in [1.807, 2.05) is 30.3 Å². The van der Waals surface area contributed by atoms with Crippen molar-refractivity contribution in [3.8, 4) is 11.3 Å². The van der Waals surface area contributed by atoms with Crippen LogP contribution in [0.2, 0.25) is 0 Å². The Morgan fingerprint density at radius 1 is 1.19 bits per heavy atom. The van der Waals surface area contributed by atoms with E-state index >= 15 is 0 Å². The largest absolute Gasteiger partial charge is 0.462 e. The van der Waals surface area contributed by atoms with Crippen molar-refractivity contribution in [1.29, 1.82) is 0 Å². The number of rotatable bonds is 5. The molecule has 3 aromatic rings. The van der Waals surface area contributed by atoms with E-state index in [1.165, 1.54) is 0 Å². The van der Waals surface area contributed by atoms with Gasteiger partial charge in [0.2, 0.25) is 10.0 Å². The van der Waals surface area contributed by atoms with Crippen LogP contribution < -0.4 is 4.72 Å². The lowest BCUT2D eigenvalue weighted by Gasteiger charge is -2.08. The fourth-order valence-electron chi connectivity index (χ4n) is 2.75. The molecule has 136 valence electrons. The van der Waals surface area contributed by atoms with E-state index in [0.29, 0.717) is 28.0 Å². The summed E-state index contributed by atoms with van der Waals surface area (Å²) in [5.41, 5.74) is 2.59. The molecule has 0 aliphatic rings. The highest BCUT2D eigenvalue weighted by molar-refractivity contribution is 7.92. The highest BCUT2D eigenvalue weighted by Crippen LogP contribution is 2.37. The summed E-state index contributed by atoms with van der Waals surface area (Å²) in [6, 6.07) is 12.5. The fourth-order valence-corrected chi connectivity index (χ4v) is 3.37. The molecule has 0 fully saturated rings. The minimum atomic E-state index is -3.45. The van der Waals surface area contributed by atoms with Crippen molar-refractivity contribution < 1.29 is 22.4 Å². The molecule has 0 aliphatic carbocycles. The van der Waals surface area contributed by atoms with Crippen LogP contribution in [0, 0.1) is 6.92 Å². The van der Waals surface area contributed by atoms with Crippen molar-refractivity contribution in [2.75, 3.05) is 17.6 Å². The number of carbonyl (C=O) groups excluding carboxylic acids is 1. The number of aryl methyl sites for hydroxylation is 1. The van der Waals surface area contributed by atoms with Crippen LogP contribution in [0.3, 0.4) is 0 Å². The van der Waals surface area contributed by atoms with Crippen LogP contribution >= 0.6 is 0 Å². The monoisotopic (exact) mass is 373 g/mol. The van der Waals surface area contributed by atoms with E-state index in [-0.39, 0.29) is 12.2 Å². The lowest BCUT2D eigenvalue weighted by molar-refractivity contribution is 0.0528.